The largest absolute Gasteiger partial charge is 0.471 e. The molecule has 108 valence electrons. The zero-order chi connectivity index (χ0) is 14.6. The lowest BCUT2D eigenvalue weighted by Gasteiger charge is -2.32. The van der Waals surface area contributed by atoms with E-state index in [9.17, 15) is 22.8 Å². The first-order valence-corrected chi connectivity index (χ1v) is 5.84. The molecule has 4 N–H and O–H groups in total. The van der Waals surface area contributed by atoms with Gasteiger partial charge >= 0.3 is 12.1 Å². The summed E-state index contributed by atoms with van der Waals surface area (Å²) in [4.78, 5) is 23.3. The van der Waals surface area contributed by atoms with Gasteiger partial charge < -0.3 is 10.6 Å². The Morgan fingerprint density at radius 3 is 2.47 bits per heavy atom. The van der Waals surface area contributed by atoms with Crippen LogP contribution in [0.2, 0.25) is 0 Å². The Morgan fingerprint density at radius 1 is 1.32 bits per heavy atom. The van der Waals surface area contributed by atoms with Crippen LogP contribution in [0.5, 0.6) is 0 Å². The van der Waals surface area contributed by atoms with Crippen LogP contribution in [0.15, 0.2) is 0 Å². The Balaban J connectivity index is 2.57. The standard InChI is InChI=1S/C9H13F3N4O2S/c10-9(11,12)7(18)16-3-1-2-5(4-16)6(17)14-15-8(13)19/h5H,1-4H2,(H,14,17)(H3,13,15,19). The van der Waals surface area contributed by atoms with Gasteiger partial charge in [0.15, 0.2) is 5.11 Å². The number of nitrogens with two attached hydrogens (primary N) is 1. The lowest BCUT2D eigenvalue weighted by atomic mass is 9.97. The zero-order valence-corrected chi connectivity index (χ0v) is 10.6. The fourth-order valence-electron chi connectivity index (χ4n) is 1.78. The fraction of sp³-hybridized carbons (Fsp3) is 0.667. The number of amides is 2. The molecule has 1 aliphatic rings. The van der Waals surface area contributed by atoms with E-state index in [-0.39, 0.29) is 18.2 Å². The average molecular weight is 298 g/mol. The van der Waals surface area contributed by atoms with Gasteiger partial charge in [-0.3, -0.25) is 20.4 Å². The molecule has 0 radical (unpaired) electrons. The number of thiocarbonyl (C=S) groups is 1. The molecule has 1 aliphatic heterocycles. The van der Waals surface area contributed by atoms with Gasteiger partial charge in [-0.15, -0.1) is 0 Å². The first-order valence-electron chi connectivity index (χ1n) is 5.43. The van der Waals surface area contributed by atoms with Gasteiger partial charge in [-0.2, -0.15) is 13.2 Å². The zero-order valence-electron chi connectivity index (χ0n) is 9.79. The molecule has 1 rings (SSSR count). The molecule has 1 heterocycles. The Bertz CT molecular complexity index is 388. The van der Waals surface area contributed by atoms with Crippen LogP contribution in [0.4, 0.5) is 13.2 Å². The van der Waals surface area contributed by atoms with Crippen molar-refractivity contribution in [2.75, 3.05) is 13.1 Å². The van der Waals surface area contributed by atoms with Crippen molar-refractivity contribution in [3.63, 3.8) is 0 Å². The van der Waals surface area contributed by atoms with Crippen LogP contribution in [0, 0.1) is 5.92 Å². The Hall–Kier alpha value is -1.58. The highest BCUT2D eigenvalue weighted by molar-refractivity contribution is 7.80. The van der Waals surface area contributed by atoms with Crippen molar-refractivity contribution in [1.29, 1.82) is 0 Å². The van der Waals surface area contributed by atoms with Crippen molar-refractivity contribution in [1.82, 2.24) is 15.8 Å². The average Bonchev–Trinajstić information content (AvgIpc) is 2.34. The Morgan fingerprint density at radius 2 is 1.95 bits per heavy atom. The monoisotopic (exact) mass is 298 g/mol. The van der Waals surface area contributed by atoms with E-state index in [0.717, 1.165) is 0 Å². The number of carbonyl (C=O) groups is 2. The second kappa shape index (κ2) is 6.04. The normalized spacial score (nSPS) is 19.7. The second-order valence-corrected chi connectivity index (χ2v) is 4.51. The smallest absolute Gasteiger partial charge is 0.375 e. The summed E-state index contributed by atoms with van der Waals surface area (Å²) in [7, 11) is 0. The third-order valence-corrected chi connectivity index (χ3v) is 2.73. The van der Waals surface area contributed by atoms with Crippen LogP contribution < -0.4 is 16.6 Å². The first kappa shape index (κ1) is 15.5. The Labute approximate surface area is 112 Å². The summed E-state index contributed by atoms with van der Waals surface area (Å²) in [6.07, 6.45) is -4.20. The molecule has 1 unspecified atom stereocenters. The first-order chi connectivity index (χ1) is 8.71. The van der Waals surface area contributed by atoms with E-state index < -0.39 is 23.9 Å². The minimum Gasteiger partial charge on any atom is -0.375 e. The molecule has 1 fully saturated rings. The molecule has 0 saturated carbocycles. The van der Waals surface area contributed by atoms with Crippen LogP contribution in [0.3, 0.4) is 0 Å². The maximum absolute atomic E-state index is 12.3. The summed E-state index contributed by atoms with van der Waals surface area (Å²) in [5, 5.41) is -0.160. The van der Waals surface area contributed by atoms with E-state index in [1.54, 1.807) is 0 Å². The van der Waals surface area contributed by atoms with Crippen LogP contribution >= 0.6 is 12.2 Å². The highest BCUT2D eigenvalue weighted by Gasteiger charge is 2.44. The third kappa shape index (κ3) is 4.54. The van der Waals surface area contributed by atoms with Gasteiger partial charge in [-0.25, -0.2) is 0 Å². The maximum Gasteiger partial charge on any atom is 0.471 e. The van der Waals surface area contributed by atoms with Crippen LogP contribution in [-0.2, 0) is 9.59 Å². The molecule has 0 bridgehead atoms. The lowest BCUT2D eigenvalue weighted by molar-refractivity contribution is -0.187. The van der Waals surface area contributed by atoms with E-state index in [0.29, 0.717) is 17.7 Å². The highest BCUT2D eigenvalue weighted by Crippen LogP contribution is 2.23. The van der Waals surface area contributed by atoms with E-state index in [1.807, 2.05) is 0 Å². The summed E-state index contributed by atoms with van der Waals surface area (Å²) in [5.41, 5.74) is 9.47. The third-order valence-electron chi connectivity index (χ3n) is 2.63. The maximum atomic E-state index is 12.3. The summed E-state index contributed by atoms with van der Waals surface area (Å²) in [6.45, 7) is -0.284. The molecule has 1 atom stereocenters. The molecular formula is C9H13F3N4O2S. The minimum absolute atomic E-state index is 0.00907. The van der Waals surface area contributed by atoms with E-state index in [2.05, 4.69) is 23.1 Å². The van der Waals surface area contributed by atoms with E-state index in [1.165, 1.54) is 0 Å². The van der Waals surface area contributed by atoms with Crippen molar-refractivity contribution in [2.24, 2.45) is 11.7 Å². The second-order valence-electron chi connectivity index (χ2n) is 4.07. The number of rotatable bonds is 1. The fourth-order valence-corrected chi connectivity index (χ4v) is 1.83. The Kier molecular flexibility index (Phi) is 4.92. The molecular weight excluding hydrogens is 285 g/mol. The molecule has 10 heteroatoms. The van der Waals surface area contributed by atoms with Crippen molar-refractivity contribution in [3.05, 3.63) is 0 Å². The van der Waals surface area contributed by atoms with Gasteiger partial charge in [0.05, 0.1) is 5.92 Å². The molecule has 1 saturated heterocycles. The number of hydrazine groups is 1. The molecule has 2 amide bonds. The number of hydrogen-bond acceptors (Lipinski definition) is 3. The summed E-state index contributed by atoms with van der Waals surface area (Å²) in [6, 6.07) is 0. The molecule has 19 heavy (non-hydrogen) atoms. The molecule has 0 aromatic heterocycles. The van der Waals surface area contributed by atoms with Gasteiger partial charge in [0.1, 0.15) is 0 Å². The van der Waals surface area contributed by atoms with E-state index >= 15 is 0 Å². The minimum atomic E-state index is -4.92. The number of nitrogens with zero attached hydrogens (tertiary/aromatic N) is 1. The van der Waals surface area contributed by atoms with Crippen molar-refractivity contribution < 1.29 is 22.8 Å². The quantitative estimate of drug-likeness (QED) is 0.455. The topological polar surface area (TPSA) is 87.5 Å². The SMILES string of the molecule is NC(=S)NNC(=O)C1CCCN(C(=O)C(F)(F)F)C1. The predicted molar refractivity (Wildman–Crippen MR) is 63.4 cm³/mol. The number of alkyl halides is 3. The van der Waals surface area contributed by atoms with E-state index in [4.69, 9.17) is 5.73 Å². The number of hydrogen-bond donors (Lipinski definition) is 3. The van der Waals surface area contributed by atoms with Gasteiger partial charge in [-0.1, -0.05) is 0 Å². The van der Waals surface area contributed by atoms with Crippen molar-refractivity contribution in [3.8, 4) is 0 Å². The number of nitrogens with one attached hydrogen (secondary N) is 2. The van der Waals surface area contributed by atoms with Gasteiger partial charge in [0, 0.05) is 13.1 Å². The summed E-state index contributed by atoms with van der Waals surface area (Å²) >= 11 is 4.47. The van der Waals surface area contributed by atoms with Crippen molar-refractivity contribution >= 4 is 29.1 Å². The summed E-state index contributed by atoms with van der Waals surface area (Å²) in [5.74, 6) is -3.19. The predicted octanol–water partition coefficient (Wildman–Crippen LogP) is -0.348. The number of halogens is 3. The molecule has 0 aromatic rings. The van der Waals surface area contributed by atoms with Crippen LogP contribution in [0.1, 0.15) is 12.8 Å². The number of carbonyl (C=O) groups excluding carboxylic acids is 2. The number of likely N-dealkylation sites (tertiary alicyclic amines) is 1. The van der Waals surface area contributed by atoms with Gasteiger partial charge in [0.25, 0.3) is 0 Å². The molecule has 6 nitrogen and oxygen atoms in total. The lowest BCUT2D eigenvalue weighted by Crippen LogP contribution is -2.52. The number of piperidine rings is 1. The van der Waals surface area contributed by atoms with Crippen LogP contribution in [0.25, 0.3) is 0 Å². The molecule has 0 aromatic carbocycles. The molecule has 0 aliphatic carbocycles. The van der Waals surface area contributed by atoms with Crippen molar-refractivity contribution in [2.45, 2.75) is 19.0 Å². The highest BCUT2D eigenvalue weighted by atomic mass is 32.1. The van der Waals surface area contributed by atoms with Crippen LogP contribution in [-0.4, -0.2) is 41.1 Å². The molecule has 0 spiro atoms. The summed E-state index contributed by atoms with van der Waals surface area (Å²) < 4.78 is 36.8. The van der Waals surface area contributed by atoms with Gasteiger partial charge in [0.2, 0.25) is 5.91 Å². The van der Waals surface area contributed by atoms with Gasteiger partial charge in [-0.05, 0) is 25.1 Å².